The van der Waals surface area contributed by atoms with Crippen molar-refractivity contribution in [2.75, 3.05) is 27.2 Å². The molecule has 2 nitrogen and oxygen atoms in total. The standard InChI is InChI=1S/C7H16N2.2ClH/c1-8-7-4-3-5-9(2)6-7;;/h7-8H,3-6H2,1-2H3;2*1H/t7-;;/m0../s1. The maximum absolute atomic E-state index is 3.29. The molecule has 0 aromatic carbocycles. The van der Waals surface area contributed by atoms with E-state index in [0.717, 1.165) is 6.04 Å². The molecule has 1 atom stereocenters. The molecule has 0 bridgehead atoms. The SMILES string of the molecule is CN[C@H]1CCCN(C)C1.Cl.Cl. The van der Waals surface area contributed by atoms with Gasteiger partial charge in [-0.1, -0.05) is 0 Å². The van der Waals surface area contributed by atoms with Crippen molar-refractivity contribution in [3.8, 4) is 0 Å². The zero-order valence-electron chi connectivity index (χ0n) is 7.17. The van der Waals surface area contributed by atoms with Crippen molar-refractivity contribution in [1.82, 2.24) is 10.2 Å². The largest absolute Gasteiger partial charge is 0.316 e. The molecule has 0 aliphatic carbocycles. The van der Waals surface area contributed by atoms with Gasteiger partial charge >= 0.3 is 0 Å². The zero-order chi connectivity index (χ0) is 6.69. The lowest BCUT2D eigenvalue weighted by Crippen LogP contribution is -2.42. The summed E-state index contributed by atoms with van der Waals surface area (Å²) in [5, 5.41) is 3.29. The van der Waals surface area contributed by atoms with Crippen LogP contribution >= 0.6 is 24.8 Å². The number of piperidine rings is 1. The second-order valence-electron chi connectivity index (χ2n) is 2.89. The molecule has 70 valence electrons. The number of rotatable bonds is 1. The highest BCUT2D eigenvalue weighted by Crippen LogP contribution is 2.06. The normalized spacial score (nSPS) is 25.1. The smallest absolute Gasteiger partial charge is 0.0192 e. The third-order valence-electron chi connectivity index (χ3n) is 2.03. The van der Waals surface area contributed by atoms with Crippen LogP contribution in [0.15, 0.2) is 0 Å². The van der Waals surface area contributed by atoms with Gasteiger partial charge in [-0.15, -0.1) is 24.8 Å². The number of hydrogen-bond donors (Lipinski definition) is 1. The Balaban J connectivity index is 0. The minimum Gasteiger partial charge on any atom is -0.316 e. The maximum atomic E-state index is 3.29. The number of likely N-dealkylation sites (tertiary alicyclic amines) is 1. The van der Waals surface area contributed by atoms with E-state index in [2.05, 4.69) is 17.3 Å². The fourth-order valence-corrected chi connectivity index (χ4v) is 1.40. The first kappa shape index (κ1) is 14.0. The van der Waals surface area contributed by atoms with Crippen molar-refractivity contribution < 1.29 is 0 Å². The second kappa shape index (κ2) is 7.17. The van der Waals surface area contributed by atoms with E-state index >= 15 is 0 Å². The Morgan fingerprint density at radius 2 is 2.00 bits per heavy atom. The number of nitrogens with zero attached hydrogens (tertiary/aromatic N) is 1. The van der Waals surface area contributed by atoms with Crippen molar-refractivity contribution in [3.05, 3.63) is 0 Å². The minimum atomic E-state index is 0. The van der Waals surface area contributed by atoms with E-state index in [0.29, 0.717) is 0 Å². The lowest BCUT2D eigenvalue weighted by atomic mass is 10.1. The van der Waals surface area contributed by atoms with Crippen LogP contribution in [0.4, 0.5) is 0 Å². The van der Waals surface area contributed by atoms with Crippen molar-refractivity contribution in [2.24, 2.45) is 0 Å². The van der Waals surface area contributed by atoms with Crippen LogP contribution in [0, 0.1) is 0 Å². The summed E-state index contributed by atoms with van der Waals surface area (Å²) in [4.78, 5) is 2.38. The van der Waals surface area contributed by atoms with Crippen molar-refractivity contribution >= 4 is 24.8 Å². The summed E-state index contributed by atoms with van der Waals surface area (Å²) in [6.07, 6.45) is 2.70. The van der Waals surface area contributed by atoms with Crippen LogP contribution in [-0.2, 0) is 0 Å². The fourth-order valence-electron chi connectivity index (χ4n) is 1.40. The predicted molar refractivity (Wildman–Crippen MR) is 54.1 cm³/mol. The molecule has 0 amide bonds. The average Bonchev–Trinajstić information content (AvgIpc) is 1.88. The summed E-state index contributed by atoms with van der Waals surface area (Å²) in [6, 6.07) is 0.740. The molecule has 1 aliphatic rings. The highest BCUT2D eigenvalue weighted by molar-refractivity contribution is 5.85. The van der Waals surface area contributed by atoms with E-state index in [1.54, 1.807) is 0 Å². The number of hydrogen-bond acceptors (Lipinski definition) is 2. The van der Waals surface area contributed by atoms with E-state index in [4.69, 9.17) is 0 Å². The van der Waals surface area contributed by atoms with E-state index in [1.165, 1.54) is 25.9 Å². The number of likely N-dealkylation sites (N-methyl/N-ethyl adjacent to an activating group) is 2. The highest BCUT2D eigenvalue weighted by Gasteiger charge is 2.13. The van der Waals surface area contributed by atoms with Crippen LogP contribution in [0.1, 0.15) is 12.8 Å². The average molecular weight is 201 g/mol. The van der Waals surface area contributed by atoms with Gasteiger partial charge in [-0.2, -0.15) is 0 Å². The zero-order valence-corrected chi connectivity index (χ0v) is 8.80. The monoisotopic (exact) mass is 200 g/mol. The number of halogens is 2. The molecule has 0 radical (unpaired) electrons. The molecule has 4 heteroatoms. The van der Waals surface area contributed by atoms with E-state index < -0.39 is 0 Å². The number of nitrogens with one attached hydrogen (secondary N) is 1. The molecule has 1 fully saturated rings. The molecule has 1 N–H and O–H groups in total. The molecular weight excluding hydrogens is 183 g/mol. The Labute approximate surface area is 81.5 Å². The Morgan fingerprint density at radius 3 is 2.36 bits per heavy atom. The van der Waals surface area contributed by atoms with Gasteiger partial charge < -0.3 is 10.2 Å². The molecule has 0 spiro atoms. The highest BCUT2D eigenvalue weighted by atomic mass is 35.5. The third kappa shape index (κ3) is 4.86. The molecule has 0 saturated carbocycles. The molecule has 1 aliphatic heterocycles. The van der Waals surface area contributed by atoms with Crippen molar-refractivity contribution in [1.29, 1.82) is 0 Å². The maximum Gasteiger partial charge on any atom is 0.0192 e. The molecule has 11 heavy (non-hydrogen) atoms. The summed E-state index contributed by atoms with van der Waals surface area (Å²) >= 11 is 0. The summed E-state index contributed by atoms with van der Waals surface area (Å²) in [5.74, 6) is 0. The van der Waals surface area contributed by atoms with Gasteiger partial charge in [-0.3, -0.25) is 0 Å². The van der Waals surface area contributed by atoms with Gasteiger partial charge in [-0.25, -0.2) is 0 Å². The topological polar surface area (TPSA) is 15.3 Å². The first-order valence-electron chi connectivity index (χ1n) is 3.68. The Hall–Kier alpha value is 0.500. The van der Waals surface area contributed by atoms with Crippen LogP contribution in [0.3, 0.4) is 0 Å². The summed E-state index contributed by atoms with van der Waals surface area (Å²) in [5.41, 5.74) is 0. The van der Waals surface area contributed by atoms with Gasteiger partial charge in [0.15, 0.2) is 0 Å². The molecule has 0 unspecified atom stereocenters. The minimum absolute atomic E-state index is 0. The Kier molecular flexibility index (Phi) is 9.15. The first-order chi connectivity index (χ1) is 4.33. The van der Waals surface area contributed by atoms with Crippen molar-refractivity contribution in [2.45, 2.75) is 18.9 Å². The summed E-state index contributed by atoms with van der Waals surface area (Å²) in [6.45, 7) is 2.49. The van der Waals surface area contributed by atoms with Crippen LogP contribution in [0.25, 0.3) is 0 Å². The van der Waals surface area contributed by atoms with Gasteiger partial charge in [0.05, 0.1) is 0 Å². The van der Waals surface area contributed by atoms with E-state index in [-0.39, 0.29) is 24.8 Å². The Bertz CT molecular complexity index is 90.5. The van der Waals surface area contributed by atoms with Crippen LogP contribution in [-0.4, -0.2) is 38.1 Å². The molecule has 0 aromatic heterocycles. The van der Waals surface area contributed by atoms with E-state index in [9.17, 15) is 0 Å². The van der Waals surface area contributed by atoms with E-state index in [1.807, 2.05) is 7.05 Å². The first-order valence-corrected chi connectivity index (χ1v) is 3.68. The molecule has 1 saturated heterocycles. The Morgan fingerprint density at radius 1 is 1.36 bits per heavy atom. The molecular formula is C7H18Cl2N2. The molecule has 0 aromatic rings. The van der Waals surface area contributed by atoms with Crippen LogP contribution < -0.4 is 5.32 Å². The lowest BCUT2D eigenvalue weighted by Gasteiger charge is -2.29. The van der Waals surface area contributed by atoms with Crippen LogP contribution in [0.2, 0.25) is 0 Å². The fraction of sp³-hybridized carbons (Fsp3) is 1.00. The van der Waals surface area contributed by atoms with Gasteiger partial charge in [0.2, 0.25) is 0 Å². The van der Waals surface area contributed by atoms with Crippen LogP contribution in [0.5, 0.6) is 0 Å². The third-order valence-corrected chi connectivity index (χ3v) is 2.03. The van der Waals surface area contributed by atoms with Crippen molar-refractivity contribution in [3.63, 3.8) is 0 Å². The second-order valence-corrected chi connectivity index (χ2v) is 2.89. The predicted octanol–water partition coefficient (Wildman–Crippen LogP) is 1.14. The quantitative estimate of drug-likeness (QED) is 0.684. The summed E-state index contributed by atoms with van der Waals surface area (Å²) in [7, 11) is 4.23. The lowest BCUT2D eigenvalue weighted by molar-refractivity contribution is 0.234. The molecule has 1 rings (SSSR count). The van der Waals surface area contributed by atoms with Gasteiger partial charge in [0.1, 0.15) is 0 Å². The summed E-state index contributed by atoms with van der Waals surface area (Å²) < 4.78 is 0. The molecule has 1 heterocycles. The van der Waals surface area contributed by atoms with Gasteiger partial charge in [-0.05, 0) is 33.5 Å². The van der Waals surface area contributed by atoms with Gasteiger partial charge in [0.25, 0.3) is 0 Å². The van der Waals surface area contributed by atoms with Gasteiger partial charge in [0, 0.05) is 12.6 Å².